The van der Waals surface area contributed by atoms with Crippen LogP contribution in [0.2, 0.25) is 0 Å². The molecule has 2 aromatic carbocycles. The maximum atomic E-state index is 12.4. The van der Waals surface area contributed by atoms with Crippen molar-refractivity contribution < 1.29 is 24.5 Å². The molecule has 1 amide bonds. The molecule has 0 saturated heterocycles. The molecule has 0 aromatic heterocycles. The Balaban J connectivity index is 2.24. The number of nitrogens with one attached hydrogen (secondary N) is 1. The van der Waals surface area contributed by atoms with E-state index in [9.17, 15) is 14.7 Å². The number of carboxylic acid groups (broad SMARTS) is 1. The van der Waals surface area contributed by atoms with Crippen LogP contribution >= 0.6 is 0 Å². The number of azo groups is 1. The van der Waals surface area contributed by atoms with Gasteiger partial charge in [-0.1, -0.05) is 18.2 Å². The van der Waals surface area contributed by atoms with E-state index < -0.39 is 11.9 Å². The monoisotopic (exact) mass is 355 g/mol. The Hall–Kier alpha value is -3.68. The van der Waals surface area contributed by atoms with Crippen LogP contribution in [0.3, 0.4) is 0 Å². The number of amides is 1. The number of para-hydroxylation sites is 2. The van der Waals surface area contributed by atoms with E-state index in [0.717, 1.165) is 0 Å². The first-order chi connectivity index (χ1) is 12.4. The molecule has 0 aliphatic heterocycles. The summed E-state index contributed by atoms with van der Waals surface area (Å²) in [6.07, 6.45) is 0. The smallest absolute Gasteiger partial charge is 0.335 e. The lowest BCUT2D eigenvalue weighted by Crippen LogP contribution is -2.15. The van der Waals surface area contributed by atoms with Gasteiger partial charge in [-0.2, -0.15) is 5.11 Å². The molecule has 2 aromatic rings. The Morgan fingerprint density at radius 3 is 2.46 bits per heavy atom. The zero-order valence-electron chi connectivity index (χ0n) is 14.1. The third kappa shape index (κ3) is 4.67. The number of carbonyl (C=O) groups is 2. The molecule has 26 heavy (non-hydrogen) atoms. The second-order valence-corrected chi connectivity index (χ2v) is 5.14. The molecule has 0 fully saturated rings. The minimum atomic E-state index is -1.11. The number of nitrogens with zero attached hydrogens (tertiary/aromatic N) is 2. The van der Waals surface area contributed by atoms with E-state index in [-0.39, 0.29) is 22.7 Å². The molecular weight excluding hydrogens is 338 g/mol. The van der Waals surface area contributed by atoms with Crippen molar-refractivity contribution in [3.8, 4) is 5.75 Å². The summed E-state index contributed by atoms with van der Waals surface area (Å²) < 4.78 is 5.15. The first kappa shape index (κ1) is 18.7. The maximum absolute atomic E-state index is 12.4. The number of aliphatic hydroxyl groups is 1. The molecule has 0 aliphatic carbocycles. The average Bonchev–Trinajstić information content (AvgIpc) is 2.62. The molecule has 8 nitrogen and oxygen atoms in total. The van der Waals surface area contributed by atoms with E-state index in [0.29, 0.717) is 11.4 Å². The third-order valence-electron chi connectivity index (χ3n) is 3.27. The first-order valence-corrected chi connectivity index (χ1v) is 7.51. The second-order valence-electron chi connectivity index (χ2n) is 5.14. The number of aliphatic hydroxyl groups excluding tert-OH is 1. The average molecular weight is 355 g/mol. The summed E-state index contributed by atoms with van der Waals surface area (Å²) in [5, 5.41) is 28.9. The van der Waals surface area contributed by atoms with Gasteiger partial charge in [0.2, 0.25) is 0 Å². The van der Waals surface area contributed by atoms with Gasteiger partial charge in [0.05, 0.1) is 24.0 Å². The van der Waals surface area contributed by atoms with Crippen molar-refractivity contribution in [2.24, 2.45) is 10.2 Å². The van der Waals surface area contributed by atoms with Crippen molar-refractivity contribution in [1.82, 2.24) is 0 Å². The molecule has 0 atom stereocenters. The Morgan fingerprint density at radius 2 is 1.81 bits per heavy atom. The van der Waals surface area contributed by atoms with Crippen LogP contribution in [0.4, 0.5) is 11.4 Å². The van der Waals surface area contributed by atoms with E-state index >= 15 is 0 Å². The molecule has 0 radical (unpaired) electrons. The van der Waals surface area contributed by atoms with Gasteiger partial charge in [-0.05, 0) is 37.3 Å². The molecular formula is C18H17N3O5. The molecule has 0 unspecified atom stereocenters. The summed E-state index contributed by atoms with van der Waals surface area (Å²) in [4.78, 5) is 23.4. The van der Waals surface area contributed by atoms with Crippen molar-refractivity contribution in [2.75, 3.05) is 12.4 Å². The molecule has 0 saturated carbocycles. The number of anilines is 1. The minimum absolute atomic E-state index is 0.0335. The Bertz CT molecular complexity index is 886. The number of carbonyl (C=O) groups excluding carboxylic acids is 1. The maximum Gasteiger partial charge on any atom is 0.335 e. The van der Waals surface area contributed by atoms with Gasteiger partial charge in [0, 0.05) is 0 Å². The fourth-order valence-electron chi connectivity index (χ4n) is 2.02. The Morgan fingerprint density at radius 1 is 1.08 bits per heavy atom. The van der Waals surface area contributed by atoms with Gasteiger partial charge in [0.15, 0.2) is 5.70 Å². The zero-order valence-corrected chi connectivity index (χ0v) is 14.1. The molecule has 3 N–H and O–H groups in total. The van der Waals surface area contributed by atoms with Crippen LogP contribution < -0.4 is 10.1 Å². The number of hydrogen-bond acceptors (Lipinski definition) is 6. The van der Waals surface area contributed by atoms with Crippen LogP contribution in [-0.4, -0.2) is 29.2 Å². The van der Waals surface area contributed by atoms with Crippen molar-refractivity contribution in [1.29, 1.82) is 0 Å². The fraction of sp³-hybridized carbons (Fsp3) is 0.111. The van der Waals surface area contributed by atoms with E-state index in [4.69, 9.17) is 9.84 Å². The molecule has 8 heteroatoms. The van der Waals surface area contributed by atoms with Crippen molar-refractivity contribution >= 4 is 23.3 Å². The Kier molecular flexibility index (Phi) is 6.05. The molecule has 0 heterocycles. The van der Waals surface area contributed by atoms with E-state index in [1.54, 1.807) is 24.3 Å². The topological polar surface area (TPSA) is 121 Å². The number of carboxylic acids is 1. The SMILES string of the molecule is COc1ccccc1NC(=O)C(N=Nc1cccc(C(=O)O)c1)=C(C)O. The van der Waals surface area contributed by atoms with E-state index in [2.05, 4.69) is 15.5 Å². The van der Waals surface area contributed by atoms with Crippen LogP contribution in [0.25, 0.3) is 0 Å². The number of allylic oxidation sites excluding steroid dienone is 1. The van der Waals surface area contributed by atoms with Gasteiger partial charge in [-0.25, -0.2) is 4.79 Å². The summed E-state index contributed by atoms with van der Waals surface area (Å²) in [6, 6.07) is 12.5. The van der Waals surface area contributed by atoms with Gasteiger partial charge >= 0.3 is 5.97 Å². The highest BCUT2D eigenvalue weighted by molar-refractivity contribution is 6.04. The van der Waals surface area contributed by atoms with E-state index in [1.165, 1.54) is 38.3 Å². The predicted octanol–water partition coefficient (Wildman–Crippen LogP) is 3.91. The van der Waals surface area contributed by atoms with Gasteiger partial charge in [-0.3, -0.25) is 4.79 Å². The number of benzene rings is 2. The summed E-state index contributed by atoms with van der Waals surface area (Å²) in [6.45, 7) is 1.30. The number of ether oxygens (including phenoxy) is 1. The largest absolute Gasteiger partial charge is 0.510 e. The minimum Gasteiger partial charge on any atom is -0.510 e. The highest BCUT2D eigenvalue weighted by Gasteiger charge is 2.15. The number of hydrogen-bond donors (Lipinski definition) is 3. The quantitative estimate of drug-likeness (QED) is 0.412. The standard InChI is InChI=1S/C18H17N3O5/c1-11(22)16(17(23)19-14-8-3-4-9-15(14)26-2)21-20-13-7-5-6-12(10-13)18(24)25/h3-10,22H,1-2H3,(H,19,23)(H,24,25). The van der Waals surface area contributed by atoms with E-state index in [1.807, 2.05) is 0 Å². The van der Waals surface area contributed by atoms with Crippen molar-refractivity contribution in [3.05, 3.63) is 65.6 Å². The summed E-state index contributed by atoms with van der Waals surface area (Å²) in [7, 11) is 1.47. The van der Waals surface area contributed by atoms with Gasteiger partial charge in [-0.15, -0.1) is 5.11 Å². The Labute approximate surface area is 149 Å². The number of aromatic carboxylic acids is 1. The normalized spacial score (nSPS) is 11.8. The lowest BCUT2D eigenvalue weighted by Gasteiger charge is -2.09. The highest BCUT2D eigenvalue weighted by Crippen LogP contribution is 2.24. The fourth-order valence-corrected chi connectivity index (χ4v) is 2.02. The molecule has 134 valence electrons. The first-order valence-electron chi connectivity index (χ1n) is 7.51. The van der Waals surface area contributed by atoms with Gasteiger partial charge in [0.1, 0.15) is 11.5 Å². The highest BCUT2D eigenvalue weighted by atomic mass is 16.5. The third-order valence-corrected chi connectivity index (χ3v) is 3.27. The van der Waals surface area contributed by atoms with Crippen LogP contribution in [-0.2, 0) is 4.79 Å². The van der Waals surface area contributed by atoms with Gasteiger partial charge < -0.3 is 20.3 Å². The summed E-state index contributed by atoms with van der Waals surface area (Å²) in [5.41, 5.74) is 0.360. The predicted molar refractivity (Wildman–Crippen MR) is 94.9 cm³/mol. The lowest BCUT2D eigenvalue weighted by molar-refractivity contribution is -0.113. The zero-order chi connectivity index (χ0) is 19.1. The lowest BCUT2D eigenvalue weighted by atomic mass is 10.2. The molecule has 0 aliphatic rings. The molecule has 2 rings (SSSR count). The van der Waals surface area contributed by atoms with Crippen molar-refractivity contribution in [2.45, 2.75) is 6.92 Å². The van der Waals surface area contributed by atoms with Crippen LogP contribution in [0.5, 0.6) is 5.75 Å². The molecule has 0 bridgehead atoms. The van der Waals surface area contributed by atoms with Crippen LogP contribution in [0.15, 0.2) is 70.2 Å². The van der Waals surface area contributed by atoms with Crippen molar-refractivity contribution in [3.63, 3.8) is 0 Å². The summed E-state index contributed by atoms with van der Waals surface area (Å²) in [5.74, 6) is -1.69. The van der Waals surface area contributed by atoms with Gasteiger partial charge in [0.25, 0.3) is 5.91 Å². The van der Waals surface area contributed by atoms with Crippen LogP contribution in [0, 0.1) is 0 Å². The van der Waals surface area contributed by atoms with Crippen LogP contribution in [0.1, 0.15) is 17.3 Å². The number of methoxy groups -OCH3 is 1. The molecule has 0 spiro atoms. The number of rotatable bonds is 6. The second kappa shape index (κ2) is 8.43. The summed E-state index contributed by atoms with van der Waals surface area (Å²) >= 11 is 0.